The Balaban J connectivity index is 1.91. The highest BCUT2D eigenvalue weighted by Crippen LogP contribution is 2.40. The number of ether oxygens (including phenoxy) is 2. The average molecular weight is 427 g/mol. The molecule has 1 heterocycles. The zero-order chi connectivity index (χ0) is 20.8. The maximum Gasteiger partial charge on any atom is 0.341 e. The lowest BCUT2D eigenvalue weighted by Gasteiger charge is -2.14. The van der Waals surface area contributed by atoms with E-state index in [0.29, 0.717) is 28.0 Å². The van der Waals surface area contributed by atoms with E-state index in [2.05, 4.69) is 10.6 Å². The highest BCUT2D eigenvalue weighted by atomic mass is 32.1. The number of carbonyl (C=O) groups is 1. The Morgan fingerprint density at radius 1 is 1.07 bits per heavy atom. The number of methoxy groups -OCH3 is 1. The molecule has 0 amide bonds. The summed E-state index contributed by atoms with van der Waals surface area (Å²) in [4.78, 5) is 13.6. The molecule has 0 atom stereocenters. The van der Waals surface area contributed by atoms with E-state index < -0.39 is 5.97 Å². The van der Waals surface area contributed by atoms with Gasteiger partial charge in [0.2, 0.25) is 0 Å². The fourth-order valence-electron chi connectivity index (χ4n) is 2.99. The summed E-state index contributed by atoms with van der Waals surface area (Å²) in [6.07, 6.45) is 0. The number of esters is 1. The standard InChI is InChI=1S/C22H22N2O3S2/c1-4-27-17-13-9-8-12-16(17)23-22(28)24-20-19(21(25)26-3)18(14(2)29-20)15-10-6-5-7-11-15/h5-13H,4H2,1-3H3,(H2,23,24,28). The predicted molar refractivity (Wildman–Crippen MR) is 123 cm³/mol. The predicted octanol–water partition coefficient (Wildman–Crippen LogP) is 5.72. The summed E-state index contributed by atoms with van der Waals surface area (Å²) in [6, 6.07) is 17.3. The third-order valence-electron chi connectivity index (χ3n) is 4.20. The number of nitrogens with one attached hydrogen (secondary N) is 2. The van der Waals surface area contributed by atoms with Crippen LogP contribution in [0.25, 0.3) is 11.1 Å². The molecule has 7 heteroatoms. The lowest BCUT2D eigenvalue weighted by Crippen LogP contribution is -2.20. The van der Waals surface area contributed by atoms with E-state index >= 15 is 0 Å². The van der Waals surface area contributed by atoms with Gasteiger partial charge in [0, 0.05) is 10.4 Å². The number of hydrogen-bond donors (Lipinski definition) is 2. The third-order valence-corrected chi connectivity index (χ3v) is 5.42. The van der Waals surface area contributed by atoms with Crippen LogP contribution >= 0.6 is 23.6 Å². The van der Waals surface area contributed by atoms with Crippen LogP contribution in [0.1, 0.15) is 22.2 Å². The molecule has 0 fully saturated rings. The molecule has 0 unspecified atom stereocenters. The van der Waals surface area contributed by atoms with Crippen molar-refractivity contribution in [2.75, 3.05) is 24.4 Å². The second kappa shape index (κ2) is 9.54. The van der Waals surface area contributed by atoms with Crippen molar-refractivity contribution < 1.29 is 14.3 Å². The van der Waals surface area contributed by atoms with Gasteiger partial charge in [-0.2, -0.15) is 0 Å². The van der Waals surface area contributed by atoms with Crippen LogP contribution in [0.15, 0.2) is 54.6 Å². The van der Waals surface area contributed by atoms with Gasteiger partial charge in [0.05, 0.1) is 19.4 Å². The lowest BCUT2D eigenvalue weighted by atomic mass is 10.0. The summed E-state index contributed by atoms with van der Waals surface area (Å²) in [5.74, 6) is 0.299. The van der Waals surface area contributed by atoms with Crippen molar-refractivity contribution in [2.45, 2.75) is 13.8 Å². The first-order chi connectivity index (χ1) is 14.0. The summed E-state index contributed by atoms with van der Waals surface area (Å²) in [5.41, 5.74) is 3.03. The van der Waals surface area contributed by atoms with Crippen LogP contribution in [0.3, 0.4) is 0 Å². The highest BCUT2D eigenvalue weighted by Gasteiger charge is 2.24. The molecule has 3 aromatic rings. The highest BCUT2D eigenvalue weighted by molar-refractivity contribution is 7.80. The fraction of sp³-hybridized carbons (Fsp3) is 0.182. The summed E-state index contributed by atoms with van der Waals surface area (Å²) in [5, 5.41) is 7.31. The summed E-state index contributed by atoms with van der Waals surface area (Å²) in [6.45, 7) is 4.46. The quantitative estimate of drug-likeness (QED) is 0.388. The largest absolute Gasteiger partial charge is 0.492 e. The van der Waals surface area contributed by atoms with Gasteiger partial charge in [-0.1, -0.05) is 42.5 Å². The molecule has 0 saturated carbocycles. The molecule has 0 bridgehead atoms. The van der Waals surface area contributed by atoms with Gasteiger partial charge >= 0.3 is 5.97 Å². The Labute approximate surface area is 179 Å². The van der Waals surface area contributed by atoms with E-state index in [1.807, 2.05) is 68.4 Å². The number of aryl methyl sites for hydroxylation is 1. The zero-order valence-corrected chi connectivity index (χ0v) is 18.1. The molecule has 0 aliphatic carbocycles. The molecule has 5 nitrogen and oxygen atoms in total. The molecule has 0 saturated heterocycles. The molecule has 0 aliphatic heterocycles. The van der Waals surface area contributed by atoms with Gasteiger partial charge in [-0.15, -0.1) is 11.3 Å². The smallest absolute Gasteiger partial charge is 0.341 e. The van der Waals surface area contributed by atoms with E-state index in [-0.39, 0.29) is 0 Å². The van der Waals surface area contributed by atoms with Crippen LogP contribution in [-0.4, -0.2) is 24.8 Å². The van der Waals surface area contributed by atoms with Gasteiger partial charge in [-0.3, -0.25) is 0 Å². The monoisotopic (exact) mass is 426 g/mol. The molecule has 2 N–H and O–H groups in total. The molecule has 29 heavy (non-hydrogen) atoms. The minimum atomic E-state index is -0.409. The van der Waals surface area contributed by atoms with Crippen molar-refractivity contribution in [1.29, 1.82) is 0 Å². The van der Waals surface area contributed by atoms with Gasteiger partial charge in [0.25, 0.3) is 0 Å². The SMILES string of the molecule is CCOc1ccccc1NC(=S)Nc1sc(C)c(-c2ccccc2)c1C(=O)OC. The van der Waals surface area contributed by atoms with Crippen molar-refractivity contribution >= 4 is 45.3 Å². The molecule has 0 radical (unpaired) electrons. The molecular weight excluding hydrogens is 404 g/mol. The van der Waals surface area contributed by atoms with Crippen molar-refractivity contribution in [2.24, 2.45) is 0 Å². The Hall–Kier alpha value is -2.90. The number of carbonyl (C=O) groups excluding carboxylic acids is 1. The number of para-hydroxylation sites is 2. The van der Waals surface area contributed by atoms with E-state index in [9.17, 15) is 4.79 Å². The molecule has 3 rings (SSSR count). The molecule has 0 aliphatic rings. The van der Waals surface area contributed by atoms with Crippen LogP contribution in [0.5, 0.6) is 5.75 Å². The first-order valence-electron chi connectivity index (χ1n) is 9.12. The van der Waals surface area contributed by atoms with E-state index in [4.69, 9.17) is 21.7 Å². The normalized spacial score (nSPS) is 10.3. The van der Waals surface area contributed by atoms with E-state index in [1.54, 1.807) is 0 Å². The second-order valence-electron chi connectivity index (χ2n) is 6.10. The van der Waals surface area contributed by atoms with Gasteiger partial charge in [0.15, 0.2) is 5.11 Å². The maximum atomic E-state index is 12.6. The van der Waals surface area contributed by atoms with Gasteiger partial charge in [-0.05, 0) is 43.8 Å². The van der Waals surface area contributed by atoms with Crippen molar-refractivity contribution in [3.05, 3.63) is 65.0 Å². The van der Waals surface area contributed by atoms with Crippen molar-refractivity contribution in [3.63, 3.8) is 0 Å². The summed E-state index contributed by atoms with van der Waals surface area (Å²) >= 11 is 6.95. The van der Waals surface area contributed by atoms with Gasteiger partial charge in [0.1, 0.15) is 16.3 Å². The Kier molecular flexibility index (Phi) is 6.85. The number of thiophene rings is 1. The molecule has 1 aromatic heterocycles. The number of benzene rings is 2. The second-order valence-corrected chi connectivity index (χ2v) is 7.74. The van der Waals surface area contributed by atoms with Crippen LogP contribution < -0.4 is 15.4 Å². The molecule has 2 aromatic carbocycles. The number of hydrogen-bond acceptors (Lipinski definition) is 5. The fourth-order valence-corrected chi connectivity index (χ4v) is 4.34. The van der Waals surface area contributed by atoms with Crippen molar-refractivity contribution in [1.82, 2.24) is 0 Å². The Morgan fingerprint density at radius 3 is 2.45 bits per heavy atom. The Bertz CT molecular complexity index is 1020. The molecular formula is C22H22N2O3S2. The first kappa shape index (κ1) is 20.8. The van der Waals surface area contributed by atoms with Crippen LogP contribution in [0, 0.1) is 6.92 Å². The number of rotatable bonds is 6. The van der Waals surface area contributed by atoms with Gasteiger partial charge in [-0.25, -0.2) is 4.79 Å². The molecule has 0 spiro atoms. The Morgan fingerprint density at radius 2 is 1.76 bits per heavy atom. The van der Waals surface area contributed by atoms with Crippen LogP contribution in [0.4, 0.5) is 10.7 Å². The minimum absolute atomic E-state index is 0.364. The average Bonchev–Trinajstić information content (AvgIpc) is 3.05. The summed E-state index contributed by atoms with van der Waals surface area (Å²) < 4.78 is 10.7. The molecule has 150 valence electrons. The number of thiocarbonyl (C=S) groups is 1. The van der Waals surface area contributed by atoms with E-state index in [0.717, 1.165) is 21.7 Å². The number of anilines is 2. The van der Waals surface area contributed by atoms with E-state index in [1.165, 1.54) is 18.4 Å². The van der Waals surface area contributed by atoms with Crippen molar-refractivity contribution in [3.8, 4) is 16.9 Å². The topological polar surface area (TPSA) is 59.6 Å². The summed E-state index contributed by atoms with van der Waals surface area (Å²) in [7, 11) is 1.38. The minimum Gasteiger partial charge on any atom is -0.492 e. The third kappa shape index (κ3) is 4.75. The van der Waals surface area contributed by atoms with Crippen LogP contribution in [-0.2, 0) is 4.74 Å². The van der Waals surface area contributed by atoms with Crippen LogP contribution in [0.2, 0.25) is 0 Å². The zero-order valence-electron chi connectivity index (χ0n) is 16.4. The maximum absolute atomic E-state index is 12.6. The first-order valence-corrected chi connectivity index (χ1v) is 10.3. The lowest BCUT2D eigenvalue weighted by molar-refractivity contribution is 0.0603. The van der Waals surface area contributed by atoms with Gasteiger partial charge < -0.3 is 20.1 Å².